The fourth-order valence-electron chi connectivity index (χ4n) is 5.80. The summed E-state index contributed by atoms with van der Waals surface area (Å²) in [4.78, 5) is 22.9. The molecule has 2 N–H and O–H groups in total. The Morgan fingerprint density at radius 1 is 1.21 bits per heavy atom. The zero-order valence-electron chi connectivity index (χ0n) is 27.7. The van der Waals surface area contributed by atoms with Gasteiger partial charge in [0.15, 0.2) is 11.3 Å². The van der Waals surface area contributed by atoms with E-state index in [0.717, 1.165) is 37.1 Å². The average molecular weight is 607 g/mol. The first kappa shape index (κ1) is 24.5. The van der Waals surface area contributed by atoms with Crippen LogP contribution in [0.2, 0.25) is 5.02 Å². The van der Waals surface area contributed by atoms with E-state index in [0.29, 0.717) is 35.7 Å². The van der Waals surface area contributed by atoms with Gasteiger partial charge >= 0.3 is 5.97 Å². The Bertz CT molecular complexity index is 1840. The first-order chi connectivity index (χ1) is 22.3. The van der Waals surface area contributed by atoms with Crippen molar-refractivity contribution in [3.8, 4) is 11.5 Å². The highest BCUT2D eigenvalue weighted by Gasteiger charge is 2.29. The highest BCUT2D eigenvalue weighted by Crippen LogP contribution is 2.43. The number of carbonyl (C=O) groups is 1. The second kappa shape index (κ2) is 12.4. The summed E-state index contributed by atoms with van der Waals surface area (Å²) in [7, 11) is -2.73. The van der Waals surface area contributed by atoms with Gasteiger partial charge in [-0.05, 0) is 80.2 Å². The van der Waals surface area contributed by atoms with Crippen LogP contribution in [0.3, 0.4) is 0 Å². The van der Waals surface area contributed by atoms with Gasteiger partial charge < -0.3 is 24.3 Å². The van der Waals surface area contributed by atoms with Crippen LogP contribution in [0.4, 0.5) is 0 Å². The van der Waals surface area contributed by atoms with Gasteiger partial charge in [0.25, 0.3) is 0 Å². The van der Waals surface area contributed by atoms with Crippen LogP contribution in [0.15, 0.2) is 54.6 Å². The summed E-state index contributed by atoms with van der Waals surface area (Å²) in [5.74, 6) is 0.263. The fourth-order valence-corrected chi connectivity index (χ4v) is 5.97. The molecule has 0 aliphatic carbocycles. The maximum atomic E-state index is 11.6. The molecule has 2 aromatic carbocycles. The highest BCUT2D eigenvalue weighted by molar-refractivity contribution is 6.30. The molecule has 9 nitrogen and oxygen atoms in total. The number of fused-ring (bicyclic) bond motifs is 2. The van der Waals surface area contributed by atoms with Crippen molar-refractivity contribution in [1.82, 2.24) is 19.4 Å². The van der Waals surface area contributed by atoms with Gasteiger partial charge in [-0.25, -0.2) is 14.8 Å². The van der Waals surface area contributed by atoms with E-state index in [-0.39, 0.29) is 34.5 Å². The lowest BCUT2D eigenvalue weighted by molar-refractivity contribution is 0.0691. The number of rotatable bonds is 9. The smallest absolute Gasteiger partial charge is 0.354 e. The number of aromatic nitrogens is 3. The van der Waals surface area contributed by atoms with Crippen molar-refractivity contribution in [2.24, 2.45) is 0 Å². The predicted molar refractivity (Wildman–Crippen MR) is 165 cm³/mol. The molecule has 1 fully saturated rings. The maximum absolute atomic E-state index is 11.6. The number of piperidine rings is 1. The average Bonchev–Trinajstić information content (AvgIpc) is 3.35. The molecule has 2 aliphatic heterocycles. The van der Waals surface area contributed by atoms with Crippen LogP contribution in [0.5, 0.6) is 11.5 Å². The molecule has 0 spiro atoms. The lowest BCUT2D eigenvalue weighted by atomic mass is 9.87. The van der Waals surface area contributed by atoms with Crippen LogP contribution in [0.25, 0.3) is 17.2 Å². The third kappa shape index (κ3) is 5.98. The van der Waals surface area contributed by atoms with Gasteiger partial charge in [0.1, 0.15) is 28.9 Å². The molecule has 0 amide bonds. The van der Waals surface area contributed by atoms with Gasteiger partial charge in [-0.15, -0.1) is 0 Å². The van der Waals surface area contributed by atoms with E-state index in [4.69, 9.17) is 30.2 Å². The van der Waals surface area contributed by atoms with Crippen molar-refractivity contribution in [2.75, 3.05) is 20.1 Å². The van der Waals surface area contributed by atoms with Gasteiger partial charge in [0.05, 0.1) is 31.7 Å². The molecule has 43 heavy (non-hydrogen) atoms. The lowest BCUT2D eigenvalue weighted by Crippen LogP contribution is -2.34. The van der Waals surface area contributed by atoms with E-state index < -0.39 is 25.2 Å². The lowest BCUT2D eigenvalue weighted by Gasteiger charge is -2.34. The number of carboxylic acids is 1. The Morgan fingerprint density at radius 3 is 2.81 bits per heavy atom. The summed E-state index contributed by atoms with van der Waals surface area (Å²) < 4.78 is 45.5. The van der Waals surface area contributed by atoms with E-state index in [1.54, 1.807) is 24.3 Å². The number of halogens is 1. The number of aliphatic hydroxyl groups excluding tert-OH is 1. The molecule has 10 heteroatoms. The van der Waals surface area contributed by atoms with Gasteiger partial charge in [0.2, 0.25) is 0 Å². The number of nitrogens with zero attached hydrogens (tertiary/aromatic N) is 4. The molecule has 2 aliphatic rings. The fraction of sp³-hybridized carbons (Fsp3) is 0.364. The zero-order chi connectivity index (χ0) is 33.5. The summed E-state index contributed by atoms with van der Waals surface area (Å²) in [6, 6.07) is 13.5. The Balaban J connectivity index is 1.21. The number of aliphatic hydroxyl groups is 1. The summed E-state index contributed by atoms with van der Waals surface area (Å²) in [5.41, 5.74) is 2.97. The van der Waals surface area contributed by atoms with Crippen LogP contribution in [0.1, 0.15) is 76.7 Å². The SMILES string of the molecule is [2H]C([2H])([2H])Oc1cc(Cl)ccc1[C@@]1([2H])C=Cc2cccc(C3CCN(Cc4nc5ccc(C(=O)O)nc5n4C[C@@H](O)CC)CC3)c2O1. The van der Waals surface area contributed by atoms with Crippen LogP contribution >= 0.6 is 11.6 Å². The molecule has 0 radical (unpaired) electrons. The molecule has 0 saturated carbocycles. The Morgan fingerprint density at radius 2 is 2.05 bits per heavy atom. The van der Waals surface area contributed by atoms with Crippen molar-refractivity contribution >= 4 is 34.8 Å². The number of benzene rings is 2. The third-order valence-electron chi connectivity index (χ3n) is 8.17. The Hall–Kier alpha value is -3.92. The van der Waals surface area contributed by atoms with Gasteiger partial charge in [-0.3, -0.25) is 4.90 Å². The molecule has 1 saturated heterocycles. The van der Waals surface area contributed by atoms with Crippen molar-refractivity contribution in [2.45, 2.75) is 57.4 Å². The second-order valence-corrected chi connectivity index (χ2v) is 11.3. The van der Waals surface area contributed by atoms with Gasteiger partial charge in [-0.2, -0.15) is 0 Å². The largest absolute Gasteiger partial charge is 0.496 e. The summed E-state index contributed by atoms with van der Waals surface area (Å²) in [6.45, 7) is 4.15. The third-order valence-corrected chi connectivity index (χ3v) is 8.40. The molecule has 4 aromatic rings. The number of likely N-dealkylation sites (tertiary alicyclic amines) is 1. The number of aromatic carboxylic acids is 1. The highest BCUT2D eigenvalue weighted by atomic mass is 35.5. The van der Waals surface area contributed by atoms with E-state index >= 15 is 0 Å². The van der Waals surface area contributed by atoms with E-state index in [9.17, 15) is 16.4 Å². The number of hydrogen-bond donors (Lipinski definition) is 2. The van der Waals surface area contributed by atoms with Crippen LogP contribution in [0, 0.1) is 0 Å². The molecule has 2 atom stereocenters. The molecule has 4 heterocycles. The first-order valence-corrected chi connectivity index (χ1v) is 14.7. The molecular formula is C33H35ClN4O5. The van der Waals surface area contributed by atoms with Crippen molar-refractivity contribution in [3.63, 3.8) is 0 Å². The standard InChI is InChI=1S/C33H35ClN4O5/c1-3-23(39)18-38-30(35-26-10-11-27(33(40)41)36-32(26)38)19-37-15-13-20(14-16-37)24-6-4-5-21-7-12-28(43-31(21)24)25-9-8-22(34)17-29(25)42-2/h4-12,17,20,23,28,39H,3,13-16,18-19H2,1-2H3,(H,40,41)/t23-,28+/m0/s1/i2D3,28D. The first-order valence-electron chi connectivity index (χ1n) is 16.3. The second-order valence-electron chi connectivity index (χ2n) is 10.9. The molecule has 0 unspecified atom stereocenters. The van der Waals surface area contributed by atoms with E-state index in [2.05, 4.69) is 9.88 Å². The van der Waals surface area contributed by atoms with E-state index in [1.807, 2.05) is 35.8 Å². The van der Waals surface area contributed by atoms with Crippen LogP contribution < -0.4 is 9.47 Å². The van der Waals surface area contributed by atoms with Crippen LogP contribution in [-0.4, -0.2) is 61.8 Å². The van der Waals surface area contributed by atoms with Crippen molar-refractivity contribution in [1.29, 1.82) is 0 Å². The topological polar surface area (TPSA) is 110 Å². The maximum Gasteiger partial charge on any atom is 0.354 e. The molecule has 6 rings (SSSR count). The summed E-state index contributed by atoms with van der Waals surface area (Å²) in [5, 5.41) is 20.2. The number of hydrogen-bond acceptors (Lipinski definition) is 7. The minimum atomic E-state index is -2.73. The van der Waals surface area contributed by atoms with Gasteiger partial charge in [0, 0.05) is 16.1 Å². The monoisotopic (exact) mass is 606 g/mol. The van der Waals surface area contributed by atoms with E-state index in [1.165, 1.54) is 12.1 Å². The zero-order valence-corrected chi connectivity index (χ0v) is 24.4. The molecule has 2 aromatic heterocycles. The number of methoxy groups -OCH3 is 1. The predicted octanol–water partition coefficient (Wildman–Crippen LogP) is 6.09. The van der Waals surface area contributed by atoms with Crippen molar-refractivity contribution in [3.05, 3.63) is 87.8 Å². The summed E-state index contributed by atoms with van der Waals surface area (Å²) >= 11 is 6.15. The van der Waals surface area contributed by atoms with Crippen LogP contribution in [-0.2, 0) is 13.1 Å². The Labute approximate surface area is 261 Å². The normalized spacial score (nSPS) is 21.3. The Kier molecular flexibility index (Phi) is 7.05. The summed E-state index contributed by atoms with van der Waals surface area (Å²) in [6.07, 6.45) is 3.17. The van der Waals surface area contributed by atoms with Gasteiger partial charge in [-0.1, -0.05) is 42.8 Å². The molecule has 224 valence electrons. The number of pyridine rings is 1. The number of carboxylic acid groups (broad SMARTS) is 1. The minimum Gasteiger partial charge on any atom is -0.496 e. The van der Waals surface area contributed by atoms with Crippen molar-refractivity contribution < 1.29 is 30.0 Å². The quantitative estimate of drug-likeness (QED) is 0.236. The number of imidazole rings is 1. The molecule has 0 bridgehead atoms. The minimum absolute atomic E-state index is 0.0433. The number of ether oxygens (including phenoxy) is 2. The molecular weight excluding hydrogens is 568 g/mol. The number of para-hydroxylation sites is 1.